The zero-order valence-electron chi connectivity index (χ0n) is 8.86. The van der Waals surface area contributed by atoms with Crippen LogP contribution < -0.4 is 5.32 Å². The van der Waals surface area contributed by atoms with Crippen LogP contribution in [0.4, 0.5) is 0 Å². The van der Waals surface area contributed by atoms with Gasteiger partial charge in [-0.05, 0) is 25.0 Å². The molecule has 1 atom stereocenters. The van der Waals surface area contributed by atoms with Gasteiger partial charge in [0.1, 0.15) is 0 Å². The molecule has 1 aromatic rings. The monoisotopic (exact) mass is 194 g/mol. The van der Waals surface area contributed by atoms with E-state index in [0.29, 0.717) is 6.04 Å². The zero-order chi connectivity index (χ0) is 10.2. The highest BCUT2D eigenvalue weighted by Gasteiger charge is 2.00. The summed E-state index contributed by atoms with van der Waals surface area (Å²) in [5, 5.41) is 3.41. The topological polar surface area (TPSA) is 34.1 Å². The average Bonchev–Trinajstić information content (AvgIpc) is 2.25. The van der Waals surface area contributed by atoms with Crippen molar-refractivity contribution in [1.29, 1.82) is 0 Å². The molecule has 3 nitrogen and oxygen atoms in total. The molecule has 78 valence electrons. The first-order valence-electron chi connectivity index (χ1n) is 4.94. The summed E-state index contributed by atoms with van der Waals surface area (Å²) in [4.78, 5) is 4.06. The quantitative estimate of drug-likeness (QED) is 0.747. The third kappa shape index (κ3) is 4.35. The molecule has 0 saturated heterocycles. The number of nitrogens with one attached hydrogen (secondary N) is 1. The minimum Gasteiger partial charge on any atom is -0.385 e. The van der Waals surface area contributed by atoms with Gasteiger partial charge in [0.05, 0.1) is 0 Å². The molecule has 1 rings (SSSR count). The molecule has 0 saturated carbocycles. The van der Waals surface area contributed by atoms with Crippen LogP contribution in [0.15, 0.2) is 24.5 Å². The van der Waals surface area contributed by atoms with Crippen molar-refractivity contribution >= 4 is 0 Å². The number of pyridine rings is 1. The summed E-state index contributed by atoms with van der Waals surface area (Å²) < 4.78 is 5.01. The molecule has 3 heteroatoms. The van der Waals surface area contributed by atoms with Crippen LogP contribution in [-0.2, 0) is 11.3 Å². The van der Waals surface area contributed by atoms with Gasteiger partial charge in [0.2, 0.25) is 0 Å². The van der Waals surface area contributed by atoms with E-state index in [2.05, 4.69) is 23.3 Å². The fourth-order valence-electron chi connectivity index (χ4n) is 1.19. The maximum Gasteiger partial charge on any atom is 0.0476 e. The predicted molar refractivity (Wildman–Crippen MR) is 57.0 cm³/mol. The van der Waals surface area contributed by atoms with Crippen LogP contribution >= 0.6 is 0 Å². The van der Waals surface area contributed by atoms with Crippen LogP contribution in [0, 0.1) is 0 Å². The minimum absolute atomic E-state index is 0.482. The fourth-order valence-corrected chi connectivity index (χ4v) is 1.19. The van der Waals surface area contributed by atoms with Crippen molar-refractivity contribution < 1.29 is 4.74 Å². The van der Waals surface area contributed by atoms with Crippen molar-refractivity contribution in [3.05, 3.63) is 30.1 Å². The molecule has 0 spiro atoms. The van der Waals surface area contributed by atoms with Gasteiger partial charge in [-0.15, -0.1) is 0 Å². The zero-order valence-corrected chi connectivity index (χ0v) is 8.86. The van der Waals surface area contributed by atoms with E-state index in [-0.39, 0.29) is 0 Å². The van der Waals surface area contributed by atoms with Crippen LogP contribution in [0.25, 0.3) is 0 Å². The number of methoxy groups -OCH3 is 1. The van der Waals surface area contributed by atoms with E-state index in [4.69, 9.17) is 4.74 Å². The highest BCUT2D eigenvalue weighted by molar-refractivity contribution is 5.07. The van der Waals surface area contributed by atoms with E-state index >= 15 is 0 Å². The lowest BCUT2D eigenvalue weighted by atomic mass is 10.2. The Kier molecular flexibility index (Phi) is 5.19. The second-order valence-corrected chi connectivity index (χ2v) is 3.42. The standard InChI is InChI=1S/C11H18N2O/c1-10(5-7-14-2)13-9-11-4-3-6-12-8-11/h3-4,6,8,10,13H,5,7,9H2,1-2H3. The van der Waals surface area contributed by atoms with Crippen LogP contribution in [0.1, 0.15) is 18.9 Å². The molecule has 1 unspecified atom stereocenters. The molecule has 0 fully saturated rings. The van der Waals surface area contributed by atoms with Crippen molar-refractivity contribution in [3.63, 3.8) is 0 Å². The SMILES string of the molecule is COCCC(C)NCc1cccnc1. The fraction of sp³-hybridized carbons (Fsp3) is 0.545. The van der Waals surface area contributed by atoms with E-state index in [1.54, 1.807) is 13.3 Å². The van der Waals surface area contributed by atoms with Gasteiger partial charge in [0, 0.05) is 38.7 Å². The summed E-state index contributed by atoms with van der Waals surface area (Å²) in [6.07, 6.45) is 4.71. The van der Waals surface area contributed by atoms with Gasteiger partial charge in [-0.1, -0.05) is 6.07 Å². The maximum absolute atomic E-state index is 5.01. The predicted octanol–water partition coefficient (Wildman–Crippen LogP) is 1.60. The number of aromatic nitrogens is 1. The van der Waals surface area contributed by atoms with Gasteiger partial charge in [0.25, 0.3) is 0 Å². The van der Waals surface area contributed by atoms with E-state index in [1.165, 1.54) is 5.56 Å². The first-order valence-corrected chi connectivity index (χ1v) is 4.94. The number of nitrogens with zero attached hydrogens (tertiary/aromatic N) is 1. The molecule has 1 aromatic heterocycles. The molecule has 0 aliphatic heterocycles. The van der Waals surface area contributed by atoms with Gasteiger partial charge in [0.15, 0.2) is 0 Å². The molecule has 0 radical (unpaired) electrons. The Hall–Kier alpha value is -0.930. The summed E-state index contributed by atoms with van der Waals surface area (Å²) in [6, 6.07) is 4.51. The number of hydrogen-bond donors (Lipinski definition) is 1. The van der Waals surface area contributed by atoms with Crippen LogP contribution in [-0.4, -0.2) is 24.7 Å². The normalized spacial score (nSPS) is 12.7. The molecule has 0 amide bonds. The molecule has 1 heterocycles. The molecular formula is C11H18N2O. The number of hydrogen-bond acceptors (Lipinski definition) is 3. The highest BCUT2D eigenvalue weighted by atomic mass is 16.5. The van der Waals surface area contributed by atoms with Gasteiger partial charge < -0.3 is 10.1 Å². The summed E-state index contributed by atoms with van der Waals surface area (Å²) >= 11 is 0. The van der Waals surface area contributed by atoms with Crippen molar-refractivity contribution in [2.24, 2.45) is 0 Å². The molecule has 0 bridgehead atoms. The number of ether oxygens (including phenoxy) is 1. The number of rotatable bonds is 6. The van der Waals surface area contributed by atoms with Crippen LogP contribution in [0.5, 0.6) is 0 Å². The first-order chi connectivity index (χ1) is 6.83. The van der Waals surface area contributed by atoms with Gasteiger partial charge in [-0.25, -0.2) is 0 Å². The largest absolute Gasteiger partial charge is 0.385 e. The summed E-state index contributed by atoms with van der Waals surface area (Å²) in [7, 11) is 1.73. The molecule has 1 N–H and O–H groups in total. The lowest BCUT2D eigenvalue weighted by molar-refractivity contribution is 0.184. The third-order valence-corrected chi connectivity index (χ3v) is 2.13. The first kappa shape index (κ1) is 11.1. The van der Waals surface area contributed by atoms with Crippen LogP contribution in [0.3, 0.4) is 0 Å². The molecular weight excluding hydrogens is 176 g/mol. The van der Waals surface area contributed by atoms with Crippen molar-refractivity contribution in [3.8, 4) is 0 Å². The lowest BCUT2D eigenvalue weighted by Crippen LogP contribution is -2.26. The van der Waals surface area contributed by atoms with Crippen molar-refractivity contribution in [2.45, 2.75) is 25.9 Å². The van der Waals surface area contributed by atoms with Crippen LogP contribution in [0.2, 0.25) is 0 Å². The molecule has 14 heavy (non-hydrogen) atoms. The Morgan fingerprint density at radius 3 is 3.07 bits per heavy atom. The molecule has 0 aliphatic carbocycles. The average molecular weight is 194 g/mol. The Balaban J connectivity index is 2.20. The second kappa shape index (κ2) is 6.51. The van der Waals surface area contributed by atoms with Crippen molar-refractivity contribution in [2.75, 3.05) is 13.7 Å². The van der Waals surface area contributed by atoms with Gasteiger partial charge in [-0.2, -0.15) is 0 Å². The Morgan fingerprint density at radius 2 is 2.43 bits per heavy atom. The van der Waals surface area contributed by atoms with E-state index in [1.807, 2.05) is 12.3 Å². The second-order valence-electron chi connectivity index (χ2n) is 3.42. The van der Waals surface area contributed by atoms with E-state index in [9.17, 15) is 0 Å². The van der Waals surface area contributed by atoms with Gasteiger partial charge in [-0.3, -0.25) is 4.98 Å². The maximum atomic E-state index is 5.01. The Labute approximate surface area is 85.5 Å². The van der Waals surface area contributed by atoms with E-state index < -0.39 is 0 Å². The molecule has 0 aromatic carbocycles. The van der Waals surface area contributed by atoms with E-state index in [0.717, 1.165) is 19.6 Å². The minimum atomic E-state index is 0.482. The highest BCUT2D eigenvalue weighted by Crippen LogP contribution is 1.97. The van der Waals surface area contributed by atoms with Gasteiger partial charge >= 0.3 is 0 Å². The smallest absolute Gasteiger partial charge is 0.0476 e. The summed E-state index contributed by atoms with van der Waals surface area (Å²) in [5.74, 6) is 0. The summed E-state index contributed by atoms with van der Waals surface area (Å²) in [6.45, 7) is 3.84. The summed E-state index contributed by atoms with van der Waals surface area (Å²) in [5.41, 5.74) is 1.22. The Morgan fingerprint density at radius 1 is 1.57 bits per heavy atom. The molecule has 0 aliphatic rings. The lowest BCUT2D eigenvalue weighted by Gasteiger charge is -2.12. The van der Waals surface area contributed by atoms with Crippen molar-refractivity contribution in [1.82, 2.24) is 10.3 Å². The Bertz CT molecular complexity index is 238. The third-order valence-electron chi connectivity index (χ3n) is 2.13.